The Labute approximate surface area is 148 Å². The lowest BCUT2D eigenvalue weighted by atomic mass is 9.80. The van der Waals surface area contributed by atoms with Gasteiger partial charge in [0.2, 0.25) is 0 Å². The number of pyridine rings is 1. The lowest BCUT2D eigenvalue weighted by Gasteiger charge is -2.44. The normalized spacial score (nSPS) is 25.0. The summed E-state index contributed by atoms with van der Waals surface area (Å²) >= 11 is 0. The van der Waals surface area contributed by atoms with Crippen molar-refractivity contribution in [2.45, 2.75) is 19.4 Å². The molecule has 0 bridgehead atoms. The van der Waals surface area contributed by atoms with Crippen molar-refractivity contribution in [1.29, 1.82) is 0 Å². The van der Waals surface area contributed by atoms with Crippen LogP contribution in [0.4, 0.5) is 5.82 Å². The van der Waals surface area contributed by atoms with Gasteiger partial charge in [-0.1, -0.05) is 6.07 Å². The van der Waals surface area contributed by atoms with Crippen molar-refractivity contribution in [3.05, 3.63) is 48.7 Å². The zero-order valence-corrected chi connectivity index (χ0v) is 14.5. The van der Waals surface area contributed by atoms with E-state index in [1.165, 1.54) is 6.42 Å². The molecule has 2 aromatic rings. The minimum absolute atomic E-state index is 0.154. The van der Waals surface area contributed by atoms with Gasteiger partial charge in [-0.15, -0.1) is 0 Å². The van der Waals surface area contributed by atoms with E-state index in [0.29, 0.717) is 0 Å². The Balaban J connectivity index is 1.49. The predicted molar refractivity (Wildman–Crippen MR) is 96.2 cm³/mol. The van der Waals surface area contributed by atoms with E-state index in [-0.39, 0.29) is 5.41 Å². The second kappa shape index (κ2) is 7.45. The van der Waals surface area contributed by atoms with Gasteiger partial charge in [-0.2, -0.15) is 0 Å². The molecule has 0 unspecified atom stereocenters. The average molecular weight is 339 g/mol. The van der Waals surface area contributed by atoms with Crippen molar-refractivity contribution in [2.75, 3.05) is 44.3 Å². The topological polar surface area (TPSA) is 54.4 Å². The molecule has 132 valence electrons. The van der Waals surface area contributed by atoms with Crippen molar-refractivity contribution in [2.24, 2.45) is 5.41 Å². The molecule has 6 heteroatoms. The fraction of sp³-hybridized carbons (Fsp3) is 0.526. The first-order chi connectivity index (χ1) is 12.3. The number of aromatic nitrogens is 3. The van der Waals surface area contributed by atoms with Crippen LogP contribution < -0.4 is 4.90 Å². The summed E-state index contributed by atoms with van der Waals surface area (Å²) in [6.45, 7) is 6.52. The third-order valence-corrected chi connectivity index (χ3v) is 5.17. The highest BCUT2D eigenvalue weighted by Gasteiger charge is 2.39. The fourth-order valence-electron chi connectivity index (χ4n) is 4.04. The molecule has 0 aromatic carbocycles. The molecule has 4 rings (SSSR count). The molecule has 0 N–H and O–H groups in total. The highest BCUT2D eigenvalue weighted by Crippen LogP contribution is 2.34. The standard InChI is InChI=1S/C19H25N5O/c1-2-6-21-17(4-1)13-23-10-11-25-16-19(14-23)5-3-9-24(15-19)18-12-20-7-8-22-18/h1-2,4,6-8,12H,3,5,9-11,13-16H2/t19-/m0/s1. The van der Waals surface area contributed by atoms with Crippen LogP contribution in [0, 0.1) is 5.41 Å². The van der Waals surface area contributed by atoms with Gasteiger partial charge >= 0.3 is 0 Å². The molecule has 2 aliphatic rings. The number of rotatable bonds is 3. The summed E-state index contributed by atoms with van der Waals surface area (Å²) in [4.78, 5) is 18.1. The van der Waals surface area contributed by atoms with Gasteiger partial charge in [0.05, 0.1) is 25.1 Å². The van der Waals surface area contributed by atoms with Gasteiger partial charge < -0.3 is 9.64 Å². The summed E-state index contributed by atoms with van der Waals surface area (Å²) in [5.41, 5.74) is 1.28. The van der Waals surface area contributed by atoms with Crippen LogP contribution in [-0.4, -0.2) is 59.2 Å². The molecule has 0 radical (unpaired) electrons. The molecule has 1 spiro atoms. The van der Waals surface area contributed by atoms with Crippen molar-refractivity contribution in [1.82, 2.24) is 19.9 Å². The molecular weight excluding hydrogens is 314 g/mol. The first kappa shape index (κ1) is 16.4. The Hall–Kier alpha value is -2.05. The molecule has 2 aliphatic heterocycles. The van der Waals surface area contributed by atoms with E-state index in [0.717, 1.165) is 63.9 Å². The number of ether oxygens (including phenoxy) is 1. The summed E-state index contributed by atoms with van der Waals surface area (Å²) in [6.07, 6.45) is 9.60. The molecule has 0 aliphatic carbocycles. The van der Waals surface area contributed by atoms with Gasteiger partial charge in [-0.3, -0.25) is 14.9 Å². The van der Waals surface area contributed by atoms with Crippen LogP contribution in [0.25, 0.3) is 0 Å². The fourth-order valence-corrected chi connectivity index (χ4v) is 4.04. The van der Waals surface area contributed by atoms with Crippen molar-refractivity contribution in [3.63, 3.8) is 0 Å². The van der Waals surface area contributed by atoms with Crippen molar-refractivity contribution < 1.29 is 4.74 Å². The van der Waals surface area contributed by atoms with Gasteiger partial charge in [0, 0.05) is 56.7 Å². The molecule has 0 amide bonds. The molecule has 25 heavy (non-hydrogen) atoms. The van der Waals surface area contributed by atoms with Gasteiger partial charge in [-0.25, -0.2) is 4.98 Å². The zero-order valence-electron chi connectivity index (χ0n) is 14.5. The summed E-state index contributed by atoms with van der Waals surface area (Å²) in [7, 11) is 0. The predicted octanol–water partition coefficient (Wildman–Crippen LogP) is 1.99. The van der Waals surface area contributed by atoms with Crippen LogP contribution in [0.5, 0.6) is 0 Å². The van der Waals surface area contributed by atoms with Crippen LogP contribution in [-0.2, 0) is 11.3 Å². The van der Waals surface area contributed by atoms with E-state index in [1.54, 1.807) is 12.4 Å². The first-order valence-corrected chi connectivity index (χ1v) is 9.04. The summed E-state index contributed by atoms with van der Waals surface area (Å²) in [5.74, 6) is 0.974. The number of nitrogens with zero attached hydrogens (tertiary/aromatic N) is 5. The van der Waals surface area contributed by atoms with Gasteiger partial charge in [0.1, 0.15) is 5.82 Å². The second-order valence-corrected chi connectivity index (χ2v) is 7.17. The molecule has 2 fully saturated rings. The van der Waals surface area contributed by atoms with Crippen LogP contribution in [0.3, 0.4) is 0 Å². The smallest absolute Gasteiger partial charge is 0.147 e. The van der Waals surface area contributed by atoms with Crippen LogP contribution in [0.15, 0.2) is 43.0 Å². The van der Waals surface area contributed by atoms with Gasteiger partial charge in [0.25, 0.3) is 0 Å². The number of piperidine rings is 1. The Bertz CT molecular complexity index is 668. The second-order valence-electron chi connectivity index (χ2n) is 7.17. The number of hydrogen-bond donors (Lipinski definition) is 0. The number of anilines is 1. The lowest BCUT2D eigenvalue weighted by molar-refractivity contribution is 0.0555. The van der Waals surface area contributed by atoms with E-state index in [9.17, 15) is 0 Å². The Morgan fingerprint density at radius 2 is 2.08 bits per heavy atom. The Morgan fingerprint density at radius 1 is 1.08 bits per heavy atom. The monoisotopic (exact) mass is 339 g/mol. The van der Waals surface area contributed by atoms with Gasteiger partial charge in [0.15, 0.2) is 0 Å². The average Bonchev–Trinajstić information content (AvgIpc) is 2.85. The largest absolute Gasteiger partial charge is 0.379 e. The minimum atomic E-state index is 0.154. The van der Waals surface area contributed by atoms with Crippen molar-refractivity contribution >= 4 is 5.82 Å². The summed E-state index contributed by atoms with van der Waals surface area (Å²) < 4.78 is 6.02. The zero-order chi connectivity index (χ0) is 17.0. The molecule has 0 saturated carbocycles. The highest BCUT2D eigenvalue weighted by molar-refractivity contribution is 5.36. The molecular formula is C19H25N5O. The van der Waals surface area contributed by atoms with Crippen LogP contribution >= 0.6 is 0 Å². The molecule has 6 nitrogen and oxygen atoms in total. The van der Waals surface area contributed by atoms with E-state index in [1.807, 2.05) is 18.5 Å². The Kier molecular flexibility index (Phi) is 4.90. The van der Waals surface area contributed by atoms with Gasteiger partial charge in [-0.05, 0) is 25.0 Å². The van der Waals surface area contributed by atoms with E-state index in [2.05, 4.69) is 36.9 Å². The van der Waals surface area contributed by atoms with E-state index < -0.39 is 0 Å². The van der Waals surface area contributed by atoms with E-state index in [4.69, 9.17) is 4.74 Å². The maximum absolute atomic E-state index is 6.02. The highest BCUT2D eigenvalue weighted by atomic mass is 16.5. The van der Waals surface area contributed by atoms with E-state index >= 15 is 0 Å². The minimum Gasteiger partial charge on any atom is -0.379 e. The quantitative estimate of drug-likeness (QED) is 0.852. The SMILES string of the molecule is c1ccc(CN2CCOC[C@@]3(CCCN(c4cnccn4)C3)C2)nc1. The summed E-state index contributed by atoms with van der Waals surface area (Å²) in [5, 5.41) is 0. The van der Waals surface area contributed by atoms with Crippen molar-refractivity contribution in [3.8, 4) is 0 Å². The third kappa shape index (κ3) is 3.96. The lowest BCUT2D eigenvalue weighted by Crippen LogP contribution is -2.50. The summed E-state index contributed by atoms with van der Waals surface area (Å²) in [6, 6.07) is 6.13. The number of hydrogen-bond acceptors (Lipinski definition) is 6. The molecule has 2 aromatic heterocycles. The maximum Gasteiger partial charge on any atom is 0.147 e. The Morgan fingerprint density at radius 3 is 2.92 bits per heavy atom. The molecule has 2 saturated heterocycles. The third-order valence-electron chi connectivity index (χ3n) is 5.17. The molecule has 4 heterocycles. The van der Waals surface area contributed by atoms with Crippen LogP contribution in [0.1, 0.15) is 18.5 Å². The van der Waals surface area contributed by atoms with Crippen LogP contribution in [0.2, 0.25) is 0 Å². The molecule has 1 atom stereocenters. The maximum atomic E-state index is 6.02. The first-order valence-electron chi connectivity index (χ1n) is 9.04.